The Morgan fingerprint density at radius 2 is 1.52 bits per heavy atom. The molecule has 0 aliphatic heterocycles. The highest BCUT2D eigenvalue weighted by atomic mass is 32.2. The molecule has 0 unspecified atom stereocenters. The summed E-state index contributed by atoms with van der Waals surface area (Å²) in [5.41, 5.74) is -0.506. The van der Waals surface area contributed by atoms with Crippen molar-refractivity contribution in [2.75, 3.05) is 0 Å². The third-order valence-corrected chi connectivity index (χ3v) is 6.28. The number of aromatic hydroxyl groups is 1. The second-order valence-corrected chi connectivity index (χ2v) is 9.60. The number of hydrogen-bond donors (Lipinski definition) is 4. The fraction of sp³-hybridized carbons (Fsp3) is 0.111. The van der Waals surface area contributed by atoms with Crippen molar-refractivity contribution in [2.45, 2.75) is 23.6 Å². The molecule has 3 rings (SSSR count). The van der Waals surface area contributed by atoms with E-state index in [2.05, 4.69) is 15.3 Å². The molecule has 0 atom stereocenters. The largest absolute Gasteiger partial charge is 0.492 e. The second-order valence-electron chi connectivity index (χ2n) is 6.79. The first kappa shape index (κ1) is 24.0. The monoisotopic (exact) mass is 496 g/mol. The molecule has 0 saturated heterocycles. The van der Waals surface area contributed by atoms with Gasteiger partial charge in [0.15, 0.2) is 5.69 Å². The molecule has 0 bridgehead atoms. The van der Waals surface area contributed by atoms with E-state index < -0.39 is 53.3 Å². The lowest BCUT2D eigenvalue weighted by Crippen LogP contribution is -2.02. The Balaban J connectivity index is 2.14. The van der Waals surface area contributed by atoms with Crippen LogP contribution < -0.4 is 0 Å². The molecule has 0 aliphatic rings. The lowest BCUT2D eigenvalue weighted by Gasteiger charge is -2.06. The van der Waals surface area contributed by atoms with E-state index in [9.17, 15) is 36.4 Å². The van der Waals surface area contributed by atoms with Crippen LogP contribution in [0.4, 0.5) is 11.4 Å². The molecule has 0 saturated carbocycles. The molecule has 33 heavy (non-hydrogen) atoms. The van der Waals surface area contributed by atoms with Crippen molar-refractivity contribution < 1.29 is 40.9 Å². The average Bonchev–Trinajstić information content (AvgIpc) is 3.04. The van der Waals surface area contributed by atoms with Gasteiger partial charge in [0.25, 0.3) is 20.2 Å². The first-order chi connectivity index (χ1) is 15.2. The predicted octanol–water partition coefficient (Wildman–Crippen LogP) is 2.80. The molecule has 1 heterocycles. The number of aryl methyl sites for hydroxylation is 2. The number of carboxylic acids is 1. The Labute approximate surface area is 187 Å². The summed E-state index contributed by atoms with van der Waals surface area (Å²) in [5.74, 6) is -2.39. The number of hydrogen-bond acceptors (Lipinski definition) is 9. The fourth-order valence-corrected chi connectivity index (χ4v) is 3.91. The number of aromatic carboxylic acids is 1. The molecule has 0 fully saturated rings. The Bertz CT molecular complexity index is 1510. The minimum Gasteiger partial charge on any atom is -0.492 e. The van der Waals surface area contributed by atoms with Gasteiger partial charge < -0.3 is 10.2 Å². The van der Waals surface area contributed by atoms with E-state index in [4.69, 9.17) is 4.55 Å². The number of rotatable bonds is 6. The van der Waals surface area contributed by atoms with Gasteiger partial charge in [-0.25, -0.2) is 4.79 Å². The van der Waals surface area contributed by atoms with Crippen LogP contribution in [0.15, 0.2) is 56.4 Å². The molecule has 13 nitrogen and oxygen atoms in total. The van der Waals surface area contributed by atoms with Crippen molar-refractivity contribution in [2.24, 2.45) is 10.2 Å². The van der Waals surface area contributed by atoms with Crippen LogP contribution in [-0.4, -0.2) is 51.9 Å². The van der Waals surface area contributed by atoms with Crippen molar-refractivity contribution >= 4 is 37.6 Å². The zero-order chi connectivity index (χ0) is 24.7. The van der Waals surface area contributed by atoms with Crippen molar-refractivity contribution in [3.63, 3.8) is 0 Å². The lowest BCUT2D eigenvalue weighted by molar-refractivity contribution is 0.0690. The minimum absolute atomic E-state index is 0.0219. The van der Waals surface area contributed by atoms with E-state index in [1.807, 2.05) is 0 Å². The van der Waals surface area contributed by atoms with Crippen LogP contribution in [0.3, 0.4) is 0 Å². The third-order valence-electron chi connectivity index (χ3n) is 4.53. The predicted molar refractivity (Wildman–Crippen MR) is 112 cm³/mol. The van der Waals surface area contributed by atoms with Gasteiger partial charge in [-0.05, 0) is 61.4 Å². The maximum atomic E-state index is 11.7. The summed E-state index contributed by atoms with van der Waals surface area (Å²) in [7, 11) is -9.17. The average molecular weight is 496 g/mol. The topological polar surface area (TPSA) is 209 Å². The molecule has 0 amide bonds. The highest BCUT2D eigenvalue weighted by Gasteiger charge is 2.25. The van der Waals surface area contributed by atoms with Crippen LogP contribution in [0.25, 0.3) is 5.69 Å². The van der Waals surface area contributed by atoms with Crippen molar-refractivity contribution in [3.8, 4) is 11.6 Å². The van der Waals surface area contributed by atoms with E-state index in [1.165, 1.54) is 6.07 Å². The van der Waals surface area contributed by atoms with Gasteiger partial charge in [0, 0.05) is 0 Å². The first-order valence-electron chi connectivity index (χ1n) is 8.84. The van der Waals surface area contributed by atoms with Crippen LogP contribution in [0.2, 0.25) is 0 Å². The van der Waals surface area contributed by atoms with E-state index in [-0.39, 0.29) is 11.4 Å². The van der Waals surface area contributed by atoms with Crippen LogP contribution in [0.5, 0.6) is 5.88 Å². The quantitative estimate of drug-likeness (QED) is 0.289. The highest BCUT2D eigenvalue weighted by Crippen LogP contribution is 2.36. The van der Waals surface area contributed by atoms with Crippen LogP contribution >= 0.6 is 0 Å². The smallest absolute Gasteiger partial charge is 0.358 e. The Hall–Kier alpha value is -3.66. The zero-order valence-electron chi connectivity index (χ0n) is 16.9. The SMILES string of the molecule is Cc1cc(/N=N/c2c(C(=O)O)nn(-c3ccc(S(=O)(=O)O)cc3)c2O)c(S(=O)(=O)O)cc1C. The van der Waals surface area contributed by atoms with Crippen molar-refractivity contribution in [1.82, 2.24) is 9.78 Å². The zero-order valence-corrected chi connectivity index (χ0v) is 18.5. The summed E-state index contributed by atoms with van der Waals surface area (Å²) in [6.45, 7) is 3.26. The van der Waals surface area contributed by atoms with Gasteiger partial charge in [0.2, 0.25) is 11.6 Å². The van der Waals surface area contributed by atoms with Gasteiger partial charge in [-0.1, -0.05) is 0 Å². The van der Waals surface area contributed by atoms with Gasteiger partial charge >= 0.3 is 5.97 Å². The van der Waals surface area contributed by atoms with Crippen molar-refractivity contribution in [1.29, 1.82) is 0 Å². The summed E-state index contributed by atoms with van der Waals surface area (Å²) in [6.07, 6.45) is 0. The first-order valence-corrected chi connectivity index (χ1v) is 11.7. The van der Waals surface area contributed by atoms with E-state index in [1.54, 1.807) is 13.8 Å². The van der Waals surface area contributed by atoms with Crippen LogP contribution in [0.1, 0.15) is 21.6 Å². The molecule has 2 aromatic carbocycles. The number of benzene rings is 2. The van der Waals surface area contributed by atoms with E-state index in [0.717, 1.165) is 35.0 Å². The fourth-order valence-electron chi connectivity index (χ4n) is 2.74. The minimum atomic E-state index is -4.69. The number of carboxylic acid groups (broad SMARTS) is 1. The third kappa shape index (κ3) is 4.90. The maximum Gasteiger partial charge on any atom is 0.358 e. The molecule has 3 aromatic rings. The van der Waals surface area contributed by atoms with E-state index >= 15 is 0 Å². The number of azo groups is 1. The molecule has 0 spiro atoms. The second kappa shape index (κ2) is 8.36. The van der Waals surface area contributed by atoms with Crippen LogP contribution in [0, 0.1) is 13.8 Å². The van der Waals surface area contributed by atoms with Crippen LogP contribution in [-0.2, 0) is 20.2 Å². The molecule has 4 N–H and O–H groups in total. The highest BCUT2D eigenvalue weighted by molar-refractivity contribution is 7.86. The summed E-state index contributed by atoms with van der Waals surface area (Å²) >= 11 is 0. The maximum absolute atomic E-state index is 11.7. The molecular formula is C18H16N4O9S2. The van der Waals surface area contributed by atoms with Gasteiger partial charge in [-0.2, -0.15) is 26.6 Å². The van der Waals surface area contributed by atoms with Crippen molar-refractivity contribution in [3.05, 3.63) is 53.2 Å². The molecule has 0 radical (unpaired) electrons. The normalized spacial score (nSPS) is 12.4. The van der Waals surface area contributed by atoms with Gasteiger partial charge in [0.05, 0.1) is 10.6 Å². The Kier molecular flexibility index (Phi) is 6.08. The molecule has 0 aliphatic carbocycles. The molecule has 174 valence electrons. The summed E-state index contributed by atoms with van der Waals surface area (Å²) in [6, 6.07) is 6.75. The molecule has 15 heteroatoms. The molecular weight excluding hydrogens is 480 g/mol. The Morgan fingerprint density at radius 1 is 0.939 bits per heavy atom. The number of carbonyl (C=O) groups is 1. The summed E-state index contributed by atoms with van der Waals surface area (Å²) in [5, 5.41) is 31.0. The Morgan fingerprint density at radius 3 is 2.03 bits per heavy atom. The summed E-state index contributed by atoms with van der Waals surface area (Å²) in [4.78, 5) is 10.6. The van der Waals surface area contributed by atoms with Gasteiger partial charge in [-0.15, -0.1) is 10.2 Å². The van der Waals surface area contributed by atoms with E-state index in [0.29, 0.717) is 11.1 Å². The molecule has 1 aromatic heterocycles. The number of nitrogens with zero attached hydrogens (tertiary/aromatic N) is 4. The van der Waals surface area contributed by atoms with Gasteiger partial charge in [-0.3, -0.25) is 9.11 Å². The standard InChI is InChI=1S/C18H16N4O9S2/c1-9-7-13(14(8-10(9)2)33(29,30)31)19-20-15-16(18(24)25)21-22(17(15)23)11-3-5-12(6-4-11)32(26,27)28/h3-8,23H,1-2H3,(H,24,25)(H,26,27,28)(H,29,30,31)/b20-19+. The van der Waals surface area contributed by atoms with Gasteiger partial charge in [0.1, 0.15) is 10.6 Å². The number of aromatic nitrogens is 2. The summed E-state index contributed by atoms with van der Waals surface area (Å²) < 4.78 is 65.0. The lowest BCUT2D eigenvalue weighted by atomic mass is 10.1.